The number of oxime groups is 1. The van der Waals surface area contributed by atoms with Gasteiger partial charge in [-0.1, -0.05) is 103 Å². The monoisotopic (exact) mass is 889 g/mol. The summed E-state index contributed by atoms with van der Waals surface area (Å²) in [5.41, 5.74) is 4.75. The van der Waals surface area contributed by atoms with Crippen molar-refractivity contribution >= 4 is 17.9 Å². The molecule has 0 radical (unpaired) electrons. The fourth-order valence-corrected chi connectivity index (χ4v) is 9.68. The van der Waals surface area contributed by atoms with Crippen LogP contribution in [0.3, 0.4) is 0 Å². The number of carbonyl (C=O) groups is 2. The molecule has 13 heteroatoms. The Morgan fingerprint density at radius 3 is 2.32 bits per heavy atom. The van der Waals surface area contributed by atoms with Crippen molar-refractivity contribution in [3.63, 3.8) is 0 Å². The molecule has 0 unspecified atom stereocenters. The molecule has 2 aliphatic carbocycles. The van der Waals surface area contributed by atoms with E-state index in [1.54, 1.807) is 42.2 Å². The van der Waals surface area contributed by atoms with Crippen LogP contribution in [0.15, 0.2) is 133 Å². The summed E-state index contributed by atoms with van der Waals surface area (Å²) in [7, 11) is 0. The first-order chi connectivity index (χ1) is 31.8. The quantitative estimate of drug-likeness (QED) is 0.0423. The fraction of sp³-hybridized carbons (Fsp3) is 0.404. The number of unbranched alkanes of at least 4 members (excludes halogenated alkanes) is 2. The van der Waals surface area contributed by atoms with Crippen molar-refractivity contribution in [3.05, 3.63) is 156 Å². The maximum atomic E-state index is 14.4. The third-order valence-electron chi connectivity index (χ3n) is 12.5. The molecular weight excluding hydrogens is 830 g/mol. The Morgan fingerprint density at radius 1 is 0.923 bits per heavy atom. The number of ether oxygens (including phenoxy) is 4. The first-order valence-corrected chi connectivity index (χ1v) is 22.7. The molecule has 1 saturated carbocycles. The number of hydrogen-bond donors (Lipinski definition) is 3. The Bertz CT molecular complexity index is 2260. The zero-order chi connectivity index (χ0) is 45.6. The van der Waals surface area contributed by atoms with Crippen LogP contribution in [0.1, 0.15) is 80.0 Å². The zero-order valence-electron chi connectivity index (χ0n) is 37.0. The molecule has 344 valence electrons. The van der Waals surface area contributed by atoms with Gasteiger partial charge in [-0.05, 0) is 97.0 Å². The summed E-state index contributed by atoms with van der Waals surface area (Å²) in [5, 5.41) is 27.7. The Kier molecular flexibility index (Phi) is 16.4. The lowest BCUT2D eigenvalue weighted by molar-refractivity contribution is -0.256. The molecule has 0 bridgehead atoms. The van der Waals surface area contributed by atoms with Crippen LogP contribution in [0.5, 0.6) is 11.5 Å². The molecule has 4 aromatic rings. The van der Waals surface area contributed by atoms with E-state index in [0.29, 0.717) is 42.0 Å². The van der Waals surface area contributed by atoms with Crippen LogP contribution in [0.4, 0.5) is 14.0 Å². The smallest absolute Gasteiger partial charge is 0.412 e. The second kappa shape index (κ2) is 22.7. The highest BCUT2D eigenvalue weighted by Crippen LogP contribution is 2.62. The minimum absolute atomic E-state index is 0.0189. The molecule has 1 heterocycles. The van der Waals surface area contributed by atoms with E-state index in [1.165, 1.54) is 12.1 Å². The largest absolute Gasteiger partial charge is 0.459 e. The number of benzene rings is 4. The Morgan fingerprint density at radius 2 is 1.63 bits per heavy atom. The van der Waals surface area contributed by atoms with Crippen molar-refractivity contribution in [3.8, 4) is 11.5 Å². The van der Waals surface area contributed by atoms with E-state index in [0.717, 1.165) is 41.5 Å². The van der Waals surface area contributed by atoms with E-state index in [9.17, 15) is 24.2 Å². The van der Waals surface area contributed by atoms with Gasteiger partial charge in [0.25, 0.3) is 0 Å². The molecule has 1 aliphatic heterocycles. The number of rotatable bonds is 21. The van der Waals surface area contributed by atoms with E-state index in [-0.39, 0.29) is 70.3 Å². The van der Waals surface area contributed by atoms with Crippen LogP contribution < -0.4 is 14.8 Å². The number of hydrogen-bond acceptors (Lipinski definition) is 10. The molecule has 6 atom stereocenters. The van der Waals surface area contributed by atoms with Gasteiger partial charge >= 0.3 is 12.2 Å². The number of carbonyl (C=O) groups excluding carboxylic acids is 2. The molecule has 3 N–H and O–H groups in total. The highest BCUT2D eigenvalue weighted by atomic mass is 19.1. The number of fused-ring (bicyclic) bond motifs is 2. The number of allylic oxidation sites excluding steroid dienone is 1. The maximum Gasteiger partial charge on any atom is 0.412 e. The molecule has 3 aliphatic rings. The summed E-state index contributed by atoms with van der Waals surface area (Å²) in [4.78, 5) is 35.5. The number of aliphatic hydroxyl groups excluding tert-OH is 2. The molecule has 2 amide bonds. The molecule has 7 rings (SSSR count). The van der Waals surface area contributed by atoms with Crippen LogP contribution in [0.2, 0.25) is 0 Å². The van der Waals surface area contributed by atoms with Crippen molar-refractivity contribution in [2.75, 3.05) is 26.4 Å². The van der Waals surface area contributed by atoms with Gasteiger partial charge in [0.2, 0.25) is 5.79 Å². The Balaban J connectivity index is 1.40. The molecule has 0 spiro atoms. The van der Waals surface area contributed by atoms with Gasteiger partial charge < -0.3 is 39.3 Å². The maximum absolute atomic E-state index is 14.4. The van der Waals surface area contributed by atoms with Crippen molar-refractivity contribution in [2.24, 2.45) is 22.9 Å². The van der Waals surface area contributed by atoms with Crippen LogP contribution in [-0.4, -0.2) is 71.3 Å². The van der Waals surface area contributed by atoms with Crippen molar-refractivity contribution in [1.29, 1.82) is 0 Å². The van der Waals surface area contributed by atoms with Gasteiger partial charge in [0.15, 0.2) is 0 Å². The van der Waals surface area contributed by atoms with Gasteiger partial charge in [-0.25, -0.2) is 14.0 Å². The normalized spacial score (nSPS) is 22.4. The van der Waals surface area contributed by atoms with Crippen LogP contribution in [0, 0.1) is 23.6 Å². The Hall–Kier alpha value is -6.02. The van der Waals surface area contributed by atoms with E-state index >= 15 is 0 Å². The van der Waals surface area contributed by atoms with Gasteiger partial charge in [0.05, 0.1) is 24.8 Å². The summed E-state index contributed by atoms with van der Waals surface area (Å²) in [6.07, 6.45) is 6.99. The summed E-state index contributed by atoms with van der Waals surface area (Å²) >= 11 is 0. The van der Waals surface area contributed by atoms with E-state index in [2.05, 4.69) is 18.0 Å². The number of nitrogens with zero attached hydrogens (tertiary/aromatic N) is 2. The highest BCUT2D eigenvalue weighted by Gasteiger charge is 2.65. The fourth-order valence-electron chi connectivity index (χ4n) is 9.68. The van der Waals surface area contributed by atoms with Gasteiger partial charge in [-0.2, -0.15) is 0 Å². The minimum Gasteiger partial charge on any atom is -0.459 e. The van der Waals surface area contributed by atoms with Crippen molar-refractivity contribution < 1.29 is 48.0 Å². The second-order valence-corrected chi connectivity index (χ2v) is 16.7. The first kappa shape index (κ1) is 47.0. The van der Waals surface area contributed by atoms with Gasteiger partial charge in [0.1, 0.15) is 30.0 Å². The van der Waals surface area contributed by atoms with Crippen LogP contribution in [0.25, 0.3) is 0 Å². The standard InChI is InChI=1S/C52H60FN3O9/c1-3-29-62-52-47(56(51(60)61-4-2)34-37-21-23-40(53)24-22-37)32-45(55-63-35-38-17-9-6-10-18-38)43-30-39(19-11-13-27-57)42(20-12-14-28-58)48(49(43)52)44-31-41(25-26-46(44)65-52)64-50(59)54-33-36-15-7-5-8-16-36/h3,5-10,15-18,21-26,30-31,39,42,47-49,57-58H,1,4,11-14,19-20,27-29,32-35H2,2H3,(H,54,59)/t39-,42+,47-,48+,49+,52+/m0/s1. The highest BCUT2D eigenvalue weighted by molar-refractivity contribution is 6.03. The lowest BCUT2D eigenvalue weighted by Gasteiger charge is -2.59. The summed E-state index contributed by atoms with van der Waals surface area (Å²) in [5.74, 6) is -2.23. The summed E-state index contributed by atoms with van der Waals surface area (Å²) in [6, 6.07) is 29.7. The average Bonchev–Trinajstić information content (AvgIpc) is 3.32. The second-order valence-electron chi connectivity index (χ2n) is 16.7. The van der Waals surface area contributed by atoms with Gasteiger partial charge in [0, 0.05) is 44.2 Å². The average molecular weight is 890 g/mol. The van der Waals surface area contributed by atoms with Crippen LogP contribution in [-0.2, 0) is 34.0 Å². The lowest BCUT2D eigenvalue weighted by Crippen LogP contribution is -2.70. The lowest BCUT2D eigenvalue weighted by atomic mass is 9.55. The van der Waals surface area contributed by atoms with Crippen molar-refractivity contribution in [1.82, 2.24) is 10.2 Å². The van der Waals surface area contributed by atoms with Gasteiger partial charge in [-0.3, -0.25) is 4.90 Å². The number of aliphatic hydroxyl groups is 2. The number of amides is 2. The summed E-state index contributed by atoms with van der Waals surface area (Å²) in [6.45, 7) is 6.51. The molecule has 0 aromatic heterocycles. The topological polar surface area (TPSA) is 148 Å². The first-order valence-electron chi connectivity index (χ1n) is 22.7. The minimum atomic E-state index is -1.57. The van der Waals surface area contributed by atoms with Gasteiger partial charge in [-0.15, -0.1) is 6.58 Å². The Labute approximate surface area is 380 Å². The number of halogens is 1. The molecule has 4 aromatic carbocycles. The van der Waals surface area contributed by atoms with E-state index in [1.807, 2.05) is 66.7 Å². The van der Waals surface area contributed by atoms with E-state index in [4.69, 9.17) is 28.9 Å². The third kappa shape index (κ3) is 11.3. The van der Waals surface area contributed by atoms with E-state index < -0.39 is 35.8 Å². The molecule has 1 fully saturated rings. The molecular formula is C52H60FN3O9. The predicted molar refractivity (Wildman–Crippen MR) is 244 cm³/mol. The predicted octanol–water partition coefficient (Wildman–Crippen LogP) is 9.61. The zero-order valence-corrected chi connectivity index (χ0v) is 37.0. The van der Waals surface area contributed by atoms with Crippen LogP contribution >= 0.6 is 0 Å². The molecule has 65 heavy (non-hydrogen) atoms. The third-order valence-corrected chi connectivity index (χ3v) is 12.5. The number of nitrogens with one attached hydrogen (secondary N) is 1. The van der Waals surface area contributed by atoms with Crippen molar-refractivity contribution in [2.45, 2.75) is 89.3 Å². The SMILES string of the molecule is C=CCO[C@@]12Oc3ccc(OC(=O)NCc4ccccc4)cc3[C@H]3[C@H](CCCCO)[C@@H](CCCCO)C=C(C(=NOCc4ccccc4)C[C@@H]1N(Cc1ccc(F)cc1)C(=O)OCC)[C@H]32. The summed E-state index contributed by atoms with van der Waals surface area (Å²) < 4.78 is 40.3. The molecule has 12 nitrogen and oxygen atoms in total. The molecule has 0 saturated heterocycles.